The number of nitrogens with one attached hydrogen (secondary N) is 1. The van der Waals surface area contributed by atoms with E-state index < -0.39 is 17.6 Å². The number of nitrogens with zero attached hydrogens (tertiary/aromatic N) is 1. The fourth-order valence-electron chi connectivity index (χ4n) is 3.21. The maximum absolute atomic E-state index is 14.3. The van der Waals surface area contributed by atoms with Crippen molar-refractivity contribution in [1.29, 1.82) is 0 Å². The lowest BCUT2D eigenvalue weighted by Crippen LogP contribution is -2.54. The highest BCUT2D eigenvalue weighted by molar-refractivity contribution is 14.1. The molecule has 0 aliphatic carbocycles. The topological polar surface area (TPSA) is 58.6 Å². The van der Waals surface area contributed by atoms with Crippen molar-refractivity contribution in [1.82, 2.24) is 5.32 Å². The Morgan fingerprint density at radius 3 is 2.47 bits per heavy atom. The zero-order valence-electron chi connectivity index (χ0n) is 17.2. The third kappa shape index (κ3) is 5.40. The van der Waals surface area contributed by atoms with Crippen molar-refractivity contribution in [2.75, 3.05) is 4.90 Å². The summed E-state index contributed by atoms with van der Waals surface area (Å²) in [6.45, 7) is 0.373. The van der Waals surface area contributed by atoms with Crippen LogP contribution < -0.4 is 15.0 Å². The van der Waals surface area contributed by atoms with E-state index >= 15 is 0 Å². The fourth-order valence-corrected chi connectivity index (χ4v) is 5.52. The molecule has 5 nitrogen and oxygen atoms in total. The maximum Gasteiger partial charge on any atom is 0.270 e. The van der Waals surface area contributed by atoms with Gasteiger partial charge in [0.15, 0.2) is 5.11 Å². The molecule has 10 heteroatoms. The maximum atomic E-state index is 14.3. The van der Waals surface area contributed by atoms with Gasteiger partial charge in [-0.15, -0.1) is 0 Å². The van der Waals surface area contributed by atoms with E-state index in [0.717, 1.165) is 18.5 Å². The van der Waals surface area contributed by atoms with Crippen LogP contribution in [-0.4, -0.2) is 16.9 Å². The van der Waals surface area contributed by atoms with Crippen LogP contribution in [0.3, 0.4) is 0 Å². The van der Waals surface area contributed by atoms with Gasteiger partial charge in [-0.2, -0.15) is 0 Å². The number of benzene rings is 3. The van der Waals surface area contributed by atoms with Crippen molar-refractivity contribution in [2.24, 2.45) is 0 Å². The Bertz CT molecular complexity index is 1330. The molecular weight excluding hydrogens is 702 g/mol. The van der Waals surface area contributed by atoms with Gasteiger partial charge in [0.05, 0.1) is 13.7 Å². The highest BCUT2D eigenvalue weighted by atomic mass is 127. The van der Waals surface area contributed by atoms with Crippen LogP contribution in [0.1, 0.15) is 11.1 Å². The van der Waals surface area contributed by atoms with Gasteiger partial charge in [0.25, 0.3) is 11.8 Å². The summed E-state index contributed by atoms with van der Waals surface area (Å²) in [5.41, 5.74) is 1.40. The average Bonchev–Trinajstić information content (AvgIpc) is 2.78. The second-order valence-electron chi connectivity index (χ2n) is 7.14. The highest BCUT2D eigenvalue weighted by Gasteiger charge is 2.35. The minimum Gasteiger partial charge on any atom is -0.487 e. The van der Waals surface area contributed by atoms with Crippen LogP contribution in [-0.2, 0) is 16.2 Å². The van der Waals surface area contributed by atoms with Gasteiger partial charge in [-0.1, -0.05) is 40.2 Å². The van der Waals surface area contributed by atoms with E-state index in [9.17, 15) is 14.0 Å². The Hall–Kier alpha value is -2.15. The summed E-state index contributed by atoms with van der Waals surface area (Å²) in [4.78, 5) is 26.7. The summed E-state index contributed by atoms with van der Waals surface area (Å²) in [5.74, 6) is -1.35. The zero-order valence-corrected chi connectivity index (χ0v) is 23.3. The van der Waals surface area contributed by atoms with Crippen molar-refractivity contribution >= 4 is 95.4 Å². The first-order valence-corrected chi connectivity index (χ1v) is 12.8. The summed E-state index contributed by atoms with van der Waals surface area (Å²) in [6, 6.07) is 17.1. The fraction of sp³-hybridized carbons (Fsp3) is 0.0417. The lowest BCUT2D eigenvalue weighted by Gasteiger charge is -2.29. The van der Waals surface area contributed by atoms with Crippen molar-refractivity contribution in [3.8, 4) is 5.75 Å². The molecule has 1 aliphatic rings. The van der Waals surface area contributed by atoms with Crippen molar-refractivity contribution in [3.05, 3.63) is 95.7 Å². The van der Waals surface area contributed by atoms with Gasteiger partial charge >= 0.3 is 0 Å². The van der Waals surface area contributed by atoms with Crippen LogP contribution in [0.25, 0.3) is 6.08 Å². The SMILES string of the molecule is O=C1NC(=S)N(c2ccccc2F)C(=O)/C1=C/c1cc(Br)c(OCc2ccc(Br)cc2)c(I)c1. The summed E-state index contributed by atoms with van der Waals surface area (Å²) >= 11 is 14.2. The molecule has 172 valence electrons. The molecule has 0 unspecified atom stereocenters. The van der Waals surface area contributed by atoms with Crippen molar-refractivity contribution in [2.45, 2.75) is 6.61 Å². The molecule has 0 spiro atoms. The van der Waals surface area contributed by atoms with Crippen LogP contribution >= 0.6 is 66.7 Å². The minimum absolute atomic E-state index is 0.0316. The minimum atomic E-state index is -0.708. The highest BCUT2D eigenvalue weighted by Crippen LogP contribution is 2.34. The quantitative estimate of drug-likeness (QED) is 0.145. The predicted molar refractivity (Wildman–Crippen MR) is 148 cm³/mol. The number of hydrogen-bond acceptors (Lipinski definition) is 4. The number of para-hydroxylation sites is 1. The Labute approximate surface area is 230 Å². The number of halogens is 4. The van der Waals surface area contributed by atoms with E-state index in [4.69, 9.17) is 17.0 Å². The lowest BCUT2D eigenvalue weighted by molar-refractivity contribution is -0.122. The summed E-state index contributed by atoms with van der Waals surface area (Å²) in [7, 11) is 0. The molecule has 2 amide bonds. The summed E-state index contributed by atoms with van der Waals surface area (Å²) in [6.07, 6.45) is 1.44. The number of carbonyl (C=O) groups excluding carboxylic acids is 2. The van der Waals surface area contributed by atoms with Gasteiger partial charge < -0.3 is 4.74 Å². The van der Waals surface area contributed by atoms with E-state index in [1.54, 1.807) is 18.2 Å². The van der Waals surface area contributed by atoms with E-state index in [-0.39, 0.29) is 16.4 Å². The predicted octanol–water partition coefficient (Wildman–Crippen LogP) is 6.37. The number of anilines is 1. The molecule has 0 aromatic heterocycles. The largest absolute Gasteiger partial charge is 0.487 e. The van der Waals surface area contributed by atoms with E-state index in [1.807, 2.05) is 24.3 Å². The third-order valence-electron chi connectivity index (χ3n) is 4.82. The zero-order chi connectivity index (χ0) is 24.4. The Morgan fingerprint density at radius 2 is 1.79 bits per heavy atom. The molecule has 34 heavy (non-hydrogen) atoms. The number of thiocarbonyl (C=S) groups is 1. The summed E-state index contributed by atoms with van der Waals surface area (Å²) in [5, 5.41) is 2.28. The normalized spacial score (nSPS) is 15.0. The Balaban J connectivity index is 1.61. The Kier molecular flexibility index (Phi) is 7.80. The molecule has 0 atom stereocenters. The van der Waals surface area contributed by atoms with Gasteiger partial charge in [0.2, 0.25) is 0 Å². The second-order valence-corrected chi connectivity index (χ2v) is 10.5. The molecule has 0 bridgehead atoms. The van der Waals surface area contributed by atoms with E-state index in [0.29, 0.717) is 22.4 Å². The average molecular weight is 716 g/mol. The first kappa shape index (κ1) is 25.0. The molecule has 1 fully saturated rings. The number of ether oxygens (including phenoxy) is 1. The van der Waals surface area contributed by atoms with E-state index in [1.165, 1.54) is 24.3 Å². The number of carbonyl (C=O) groups is 2. The van der Waals surface area contributed by atoms with Gasteiger partial charge in [-0.05, 0) is 104 Å². The molecule has 1 aliphatic heterocycles. The molecule has 4 rings (SSSR count). The van der Waals surface area contributed by atoms with Crippen LogP contribution in [0.2, 0.25) is 0 Å². The van der Waals surface area contributed by atoms with Crippen LogP contribution in [0.5, 0.6) is 5.75 Å². The molecule has 3 aromatic carbocycles. The smallest absolute Gasteiger partial charge is 0.270 e. The lowest BCUT2D eigenvalue weighted by atomic mass is 10.1. The first-order chi connectivity index (χ1) is 16.2. The van der Waals surface area contributed by atoms with Crippen LogP contribution in [0, 0.1) is 9.39 Å². The summed E-state index contributed by atoms with van der Waals surface area (Å²) < 4.78 is 22.7. The molecule has 1 heterocycles. The Morgan fingerprint density at radius 1 is 1.09 bits per heavy atom. The first-order valence-electron chi connectivity index (χ1n) is 9.77. The number of amides is 2. The molecule has 3 aromatic rings. The van der Waals surface area contributed by atoms with E-state index in [2.05, 4.69) is 59.8 Å². The van der Waals surface area contributed by atoms with Gasteiger partial charge in [0.1, 0.15) is 23.7 Å². The molecule has 0 saturated carbocycles. The molecule has 1 saturated heterocycles. The van der Waals surface area contributed by atoms with Gasteiger partial charge in [-0.3, -0.25) is 14.9 Å². The van der Waals surface area contributed by atoms with Gasteiger partial charge in [-0.25, -0.2) is 9.29 Å². The van der Waals surface area contributed by atoms with Crippen LogP contribution in [0.15, 0.2) is 75.2 Å². The van der Waals surface area contributed by atoms with Gasteiger partial charge in [0, 0.05) is 4.47 Å². The van der Waals surface area contributed by atoms with Crippen molar-refractivity contribution in [3.63, 3.8) is 0 Å². The second kappa shape index (κ2) is 10.6. The number of rotatable bonds is 5. The standard InChI is InChI=1S/C24H14Br2FIN2O3S/c25-15-7-5-13(6-8-15)12-33-21-17(26)10-14(11-19(21)28)9-16-22(31)29-24(34)30(23(16)32)20-4-2-1-3-18(20)27/h1-11H,12H2,(H,29,31,34)/b16-9+. The van der Waals surface area contributed by atoms with Crippen molar-refractivity contribution < 1.29 is 18.7 Å². The molecule has 0 radical (unpaired) electrons. The monoisotopic (exact) mass is 714 g/mol. The molecular formula is C24H14Br2FIN2O3S. The number of hydrogen-bond donors (Lipinski definition) is 1. The third-order valence-corrected chi connectivity index (χ3v) is 7.03. The van der Waals surface area contributed by atoms with Crippen LogP contribution in [0.4, 0.5) is 10.1 Å². The molecule has 1 N–H and O–H groups in total.